The zero-order chi connectivity index (χ0) is 23.5. The quantitative estimate of drug-likeness (QED) is 0.302. The van der Waals surface area contributed by atoms with Crippen molar-refractivity contribution < 1.29 is 17.9 Å². The number of hydrogen-bond donors (Lipinski definition) is 3. The van der Waals surface area contributed by atoms with Gasteiger partial charge in [0.25, 0.3) is 0 Å². The second-order valence-electron chi connectivity index (χ2n) is 8.11. The average molecular weight is 461 g/mol. The standard InChI is InChI=1S/C23H23F3N4OS/c1-22(2,3)14-9-10-18(17(27)13-14)29-21(32)30-19-8-5-11-28-20(19)31-16-7-4-6-15(12-16)23(24,25)26/h4-13H,27H2,1-3H3,(H2,29,30,32). The fourth-order valence-corrected chi connectivity index (χ4v) is 3.05. The topological polar surface area (TPSA) is 72.2 Å². The van der Waals surface area contributed by atoms with Crippen molar-refractivity contribution in [2.24, 2.45) is 0 Å². The Labute approximate surface area is 189 Å². The number of aromatic nitrogens is 1. The van der Waals surface area contributed by atoms with Crippen LogP contribution in [0, 0.1) is 0 Å². The molecule has 0 aliphatic rings. The third-order valence-corrected chi connectivity index (χ3v) is 4.77. The molecule has 0 saturated carbocycles. The smallest absolute Gasteiger partial charge is 0.416 e. The molecule has 0 radical (unpaired) electrons. The molecule has 0 unspecified atom stereocenters. The average Bonchev–Trinajstić information content (AvgIpc) is 2.70. The maximum atomic E-state index is 13.0. The zero-order valence-corrected chi connectivity index (χ0v) is 18.6. The van der Waals surface area contributed by atoms with Crippen molar-refractivity contribution in [3.05, 3.63) is 71.9 Å². The highest BCUT2D eigenvalue weighted by atomic mass is 32.1. The highest BCUT2D eigenvalue weighted by molar-refractivity contribution is 7.80. The number of rotatable bonds is 4. The Kier molecular flexibility index (Phi) is 6.59. The van der Waals surface area contributed by atoms with Gasteiger partial charge in [0.1, 0.15) is 11.4 Å². The second-order valence-corrected chi connectivity index (χ2v) is 8.52. The molecule has 168 valence electrons. The van der Waals surface area contributed by atoms with Crippen molar-refractivity contribution in [1.29, 1.82) is 0 Å². The van der Waals surface area contributed by atoms with E-state index in [0.29, 0.717) is 17.1 Å². The predicted molar refractivity (Wildman–Crippen MR) is 125 cm³/mol. The molecule has 0 bridgehead atoms. The van der Waals surface area contributed by atoms with Crippen LogP contribution in [0.1, 0.15) is 31.9 Å². The van der Waals surface area contributed by atoms with Gasteiger partial charge >= 0.3 is 6.18 Å². The summed E-state index contributed by atoms with van der Waals surface area (Å²) >= 11 is 5.37. The number of nitrogen functional groups attached to an aromatic ring is 1. The summed E-state index contributed by atoms with van der Waals surface area (Å²) in [6, 6.07) is 13.6. The molecule has 3 aromatic rings. The molecule has 1 heterocycles. The number of alkyl halides is 3. The van der Waals surface area contributed by atoms with Crippen molar-refractivity contribution in [2.75, 3.05) is 16.4 Å². The Morgan fingerprint density at radius 1 is 0.938 bits per heavy atom. The van der Waals surface area contributed by atoms with Gasteiger partial charge in [0.2, 0.25) is 5.88 Å². The van der Waals surface area contributed by atoms with E-state index in [9.17, 15) is 13.2 Å². The predicted octanol–water partition coefficient (Wildman–Crippen LogP) is 6.58. The minimum atomic E-state index is -4.47. The number of nitrogens with zero attached hydrogens (tertiary/aromatic N) is 1. The number of nitrogens with one attached hydrogen (secondary N) is 2. The van der Waals surface area contributed by atoms with Gasteiger partial charge in [-0.05, 0) is 65.7 Å². The van der Waals surface area contributed by atoms with E-state index in [0.717, 1.165) is 17.7 Å². The summed E-state index contributed by atoms with van der Waals surface area (Å²) in [5.41, 5.74) is 7.93. The van der Waals surface area contributed by atoms with Crippen molar-refractivity contribution in [2.45, 2.75) is 32.4 Å². The first-order valence-corrected chi connectivity index (χ1v) is 10.1. The number of pyridine rings is 1. The van der Waals surface area contributed by atoms with Crippen LogP contribution < -0.4 is 21.1 Å². The molecule has 3 rings (SSSR count). The summed E-state index contributed by atoms with van der Waals surface area (Å²) in [7, 11) is 0. The molecule has 2 aromatic carbocycles. The minimum absolute atomic E-state index is 0.00228. The van der Waals surface area contributed by atoms with Gasteiger partial charge in [0, 0.05) is 6.20 Å². The first-order chi connectivity index (χ1) is 14.9. The fraction of sp³-hybridized carbons (Fsp3) is 0.217. The highest BCUT2D eigenvalue weighted by Crippen LogP contribution is 2.34. The number of nitrogens with two attached hydrogens (primary N) is 1. The molecule has 0 saturated heterocycles. The van der Waals surface area contributed by atoms with Gasteiger partial charge in [0.05, 0.1) is 16.9 Å². The van der Waals surface area contributed by atoms with E-state index >= 15 is 0 Å². The zero-order valence-electron chi connectivity index (χ0n) is 17.7. The van der Waals surface area contributed by atoms with Crippen LogP contribution in [0.15, 0.2) is 60.8 Å². The van der Waals surface area contributed by atoms with Crippen LogP contribution in [-0.4, -0.2) is 10.1 Å². The molecule has 0 amide bonds. The lowest BCUT2D eigenvalue weighted by atomic mass is 9.87. The molecular formula is C23H23F3N4OS. The van der Waals surface area contributed by atoms with E-state index in [-0.39, 0.29) is 22.2 Å². The summed E-state index contributed by atoms with van der Waals surface area (Å²) < 4.78 is 44.5. The van der Waals surface area contributed by atoms with Crippen LogP contribution in [0.4, 0.5) is 30.2 Å². The number of thiocarbonyl (C=S) groups is 1. The Balaban J connectivity index is 1.75. The Morgan fingerprint density at radius 3 is 2.31 bits per heavy atom. The Morgan fingerprint density at radius 2 is 1.66 bits per heavy atom. The van der Waals surface area contributed by atoms with Crippen molar-refractivity contribution in [1.82, 2.24) is 4.98 Å². The van der Waals surface area contributed by atoms with Gasteiger partial charge in [-0.25, -0.2) is 4.98 Å². The molecule has 4 N–H and O–H groups in total. The lowest BCUT2D eigenvalue weighted by Crippen LogP contribution is -2.21. The first-order valence-electron chi connectivity index (χ1n) is 9.71. The maximum absolute atomic E-state index is 13.0. The Hall–Kier alpha value is -3.33. The van der Waals surface area contributed by atoms with E-state index in [1.54, 1.807) is 12.1 Å². The maximum Gasteiger partial charge on any atom is 0.416 e. The summed E-state index contributed by atoms with van der Waals surface area (Å²) in [6.07, 6.45) is -3.01. The number of hydrogen-bond acceptors (Lipinski definition) is 4. The molecule has 5 nitrogen and oxygen atoms in total. The van der Waals surface area contributed by atoms with Crippen molar-refractivity contribution in [3.8, 4) is 11.6 Å². The van der Waals surface area contributed by atoms with E-state index in [4.69, 9.17) is 22.7 Å². The van der Waals surface area contributed by atoms with Gasteiger partial charge in [0.15, 0.2) is 5.11 Å². The van der Waals surface area contributed by atoms with Crippen LogP contribution in [0.5, 0.6) is 11.6 Å². The largest absolute Gasteiger partial charge is 0.437 e. The van der Waals surface area contributed by atoms with E-state index < -0.39 is 11.7 Å². The van der Waals surface area contributed by atoms with Crippen LogP contribution in [-0.2, 0) is 11.6 Å². The van der Waals surface area contributed by atoms with Crippen LogP contribution >= 0.6 is 12.2 Å². The van der Waals surface area contributed by atoms with Gasteiger partial charge in [-0.3, -0.25) is 0 Å². The van der Waals surface area contributed by atoms with E-state index in [1.807, 2.05) is 18.2 Å². The lowest BCUT2D eigenvalue weighted by molar-refractivity contribution is -0.137. The molecule has 9 heteroatoms. The molecule has 0 atom stereocenters. The summed E-state index contributed by atoms with van der Waals surface area (Å²) in [4.78, 5) is 4.10. The van der Waals surface area contributed by atoms with E-state index in [1.165, 1.54) is 18.3 Å². The van der Waals surface area contributed by atoms with Crippen LogP contribution in [0.25, 0.3) is 0 Å². The van der Waals surface area contributed by atoms with E-state index in [2.05, 4.69) is 36.4 Å². The van der Waals surface area contributed by atoms with Gasteiger partial charge in [-0.15, -0.1) is 0 Å². The second kappa shape index (κ2) is 9.04. The summed E-state index contributed by atoms with van der Waals surface area (Å²) in [5, 5.41) is 6.20. The molecule has 32 heavy (non-hydrogen) atoms. The van der Waals surface area contributed by atoms with Gasteiger partial charge < -0.3 is 21.1 Å². The SMILES string of the molecule is CC(C)(C)c1ccc(NC(=S)Nc2cccnc2Oc2cccc(C(F)(F)F)c2)c(N)c1. The molecular weight excluding hydrogens is 437 g/mol. The highest BCUT2D eigenvalue weighted by Gasteiger charge is 2.30. The van der Waals surface area contributed by atoms with Gasteiger partial charge in [-0.2, -0.15) is 13.2 Å². The summed E-state index contributed by atoms with van der Waals surface area (Å²) in [5.74, 6) is 0.0782. The number of ether oxygens (including phenoxy) is 1. The normalized spacial score (nSPS) is 11.7. The van der Waals surface area contributed by atoms with Crippen LogP contribution in [0.3, 0.4) is 0 Å². The van der Waals surface area contributed by atoms with Gasteiger partial charge in [-0.1, -0.05) is 32.9 Å². The Bertz CT molecular complexity index is 1130. The molecule has 0 aliphatic carbocycles. The third kappa shape index (κ3) is 5.88. The minimum Gasteiger partial charge on any atom is -0.437 e. The fourth-order valence-electron chi connectivity index (χ4n) is 2.83. The van der Waals surface area contributed by atoms with Crippen molar-refractivity contribution >= 4 is 34.4 Å². The lowest BCUT2D eigenvalue weighted by Gasteiger charge is -2.21. The third-order valence-electron chi connectivity index (χ3n) is 4.56. The number of anilines is 3. The van der Waals surface area contributed by atoms with Crippen LogP contribution in [0.2, 0.25) is 0 Å². The van der Waals surface area contributed by atoms with Crippen molar-refractivity contribution in [3.63, 3.8) is 0 Å². The number of benzene rings is 2. The summed E-state index contributed by atoms with van der Waals surface area (Å²) in [6.45, 7) is 6.28. The monoisotopic (exact) mass is 460 g/mol. The molecule has 0 fully saturated rings. The first kappa shape index (κ1) is 23.3. The molecule has 1 aromatic heterocycles. The molecule has 0 spiro atoms. The molecule has 0 aliphatic heterocycles. The number of halogens is 3.